The number of benzene rings is 1. The molecule has 6 heteroatoms. The van der Waals surface area contributed by atoms with Gasteiger partial charge in [-0.15, -0.1) is 0 Å². The van der Waals surface area contributed by atoms with Crippen LogP contribution in [0.4, 0.5) is 5.69 Å². The third kappa shape index (κ3) is 4.12. The van der Waals surface area contributed by atoms with E-state index in [0.29, 0.717) is 11.3 Å². The van der Waals surface area contributed by atoms with Gasteiger partial charge in [-0.05, 0) is 56.4 Å². The highest BCUT2D eigenvalue weighted by Crippen LogP contribution is 2.25. The van der Waals surface area contributed by atoms with Gasteiger partial charge in [-0.25, -0.2) is 13.1 Å². The zero-order valence-corrected chi connectivity index (χ0v) is 13.5. The van der Waals surface area contributed by atoms with E-state index in [9.17, 15) is 8.42 Å². The first-order valence-corrected chi connectivity index (χ1v) is 9.04. The van der Waals surface area contributed by atoms with Crippen LogP contribution in [0, 0.1) is 13.8 Å². The Hall–Kier alpha value is -0.720. The molecule has 0 heterocycles. The van der Waals surface area contributed by atoms with Crippen LogP contribution in [0.25, 0.3) is 0 Å². The number of sulfonamides is 1. The van der Waals surface area contributed by atoms with Gasteiger partial charge < -0.3 is 5.73 Å². The average Bonchev–Trinajstić information content (AvgIpc) is 2.31. The van der Waals surface area contributed by atoms with Crippen LogP contribution in [-0.4, -0.2) is 26.5 Å². The Morgan fingerprint density at radius 3 is 2.58 bits per heavy atom. The zero-order chi connectivity index (χ0) is 14.6. The molecule has 0 aromatic heterocycles. The van der Waals surface area contributed by atoms with Crippen molar-refractivity contribution < 1.29 is 8.42 Å². The molecule has 0 fully saturated rings. The Kier molecular flexibility index (Phi) is 5.70. The van der Waals surface area contributed by atoms with E-state index in [-0.39, 0.29) is 10.9 Å². The molecular weight excluding hydrogens is 280 g/mol. The van der Waals surface area contributed by atoms with E-state index in [1.165, 1.54) is 0 Å². The first kappa shape index (κ1) is 16.3. The van der Waals surface area contributed by atoms with Gasteiger partial charge in [-0.2, -0.15) is 11.8 Å². The molecule has 0 bridgehead atoms. The van der Waals surface area contributed by atoms with Crippen molar-refractivity contribution in [3.63, 3.8) is 0 Å². The van der Waals surface area contributed by atoms with Crippen LogP contribution in [0.2, 0.25) is 0 Å². The number of nitrogen functional groups attached to an aromatic ring is 1. The predicted octanol–water partition coefficient (Wildman–Crippen LogP) is 2.31. The molecule has 19 heavy (non-hydrogen) atoms. The standard InChI is InChI=1S/C13H22N2O2S2/c1-9-5-6-12(14)13(11(9)3)19(16,17)15-10(2)7-8-18-4/h5-6,10,15H,7-8,14H2,1-4H3. The van der Waals surface area contributed by atoms with E-state index in [1.54, 1.807) is 24.8 Å². The number of hydrogen-bond donors (Lipinski definition) is 2. The normalized spacial score (nSPS) is 13.5. The molecule has 3 N–H and O–H groups in total. The van der Waals surface area contributed by atoms with Crippen LogP contribution in [0.5, 0.6) is 0 Å². The van der Waals surface area contributed by atoms with Gasteiger partial charge >= 0.3 is 0 Å². The molecule has 0 amide bonds. The van der Waals surface area contributed by atoms with Gasteiger partial charge in [0.05, 0.1) is 5.69 Å². The summed E-state index contributed by atoms with van der Waals surface area (Å²) in [6.07, 6.45) is 2.80. The maximum Gasteiger partial charge on any atom is 0.243 e. The SMILES string of the molecule is CSCCC(C)NS(=O)(=O)c1c(N)ccc(C)c1C. The monoisotopic (exact) mass is 302 g/mol. The van der Waals surface area contributed by atoms with Crippen molar-refractivity contribution in [3.05, 3.63) is 23.3 Å². The molecule has 0 aliphatic rings. The first-order valence-electron chi connectivity index (χ1n) is 6.16. The fraction of sp³-hybridized carbons (Fsp3) is 0.538. The number of hydrogen-bond acceptors (Lipinski definition) is 4. The van der Waals surface area contributed by atoms with Gasteiger partial charge in [0.2, 0.25) is 10.0 Å². The van der Waals surface area contributed by atoms with Crippen molar-refractivity contribution in [3.8, 4) is 0 Å². The van der Waals surface area contributed by atoms with Gasteiger partial charge in [0.15, 0.2) is 0 Å². The molecule has 0 radical (unpaired) electrons. The summed E-state index contributed by atoms with van der Waals surface area (Å²) >= 11 is 1.70. The fourth-order valence-corrected chi connectivity index (χ4v) is 4.14. The second-order valence-electron chi connectivity index (χ2n) is 4.73. The third-order valence-electron chi connectivity index (χ3n) is 3.09. The van der Waals surface area contributed by atoms with Crippen molar-refractivity contribution in [1.29, 1.82) is 0 Å². The van der Waals surface area contributed by atoms with E-state index >= 15 is 0 Å². The van der Waals surface area contributed by atoms with E-state index in [0.717, 1.165) is 17.7 Å². The molecule has 1 rings (SSSR count). The van der Waals surface area contributed by atoms with E-state index in [4.69, 9.17) is 5.73 Å². The fourth-order valence-electron chi connectivity index (χ4n) is 1.85. The molecule has 0 spiro atoms. The molecule has 1 unspecified atom stereocenters. The van der Waals surface area contributed by atoms with Crippen molar-refractivity contribution in [2.45, 2.75) is 38.1 Å². The highest BCUT2D eigenvalue weighted by atomic mass is 32.2. The lowest BCUT2D eigenvalue weighted by molar-refractivity contribution is 0.557. The zero-order valence-electron chi connectivity index (χ0n) is 11.9. The predicted molar refractivity (Wildman–Crippen MR) is 83.1 cm³/mol. The second-order valence-corrected chi connectivity index (χ2v) is 7.37. The molecule has 108 valence electrons. The molecule has 0 saturated heterocycles. The number of nitrogens with one attached hydrogen (secondary N) is 1. The highest BCUT2D eigenvalue weighted by molar-refractivity contribution is 7.98. The molecule has 1 atom stereocenters. The minimum atomic E-state index is -3.56. The number of thioether (sulfide) groups is 1. The van der Waals surface area contributed by atoms with Crippen LogP contribution in [0.3, 0.4) is 0 Å². The van der Waals surface area contributed by atoms with Gasteiger partial charge in [-0.1, -0.05) is 6.07 Å². The molecule has 0 aliphatic heterocycles. The largest absolute Gasteiger partial charge is 0.398 e. The van der Waals surface area contributed by atoms with E-state index < -0.39 is 10.0 Å². The molecule has 0 aliphatic carbocycles. The van der Waals surface area contributed by atoms with Crippen LogP contribution in [-0.2, 0) is 10.0 Å². The lowest BCUT2D eigenvalue weighted by Crippen LogP contribution is -2.34. The summed E-state index contributed by atoms with van der Waals surface area (Å²) in [6, 6.07) is 3.38. The molecular formula is C13H22N2O2S2. The van der Waals surface area contributed by atoms with Crippen LogP contribution in [0.1, 0.15) is 24.5 Å². The molecule has 4 nitrogen and oxygen atoms in total. The Bertz CT molecular complexity index is 542. The second kappa shape index (κ2) is 6.63. The average molecular weight is 302 g/mol. The van der Waals surface area contributed by atoms with Gasteiger partial charge in [-0.3, -0.25) is 0 Å². The summed E-state index contributed by atoms with van der Waals surface area (Å²) in [4.78, 5) is 0.212. The summed E-state index contributed by atoms with van der Waals surface area (Å²) in [7, 11) is -3.56. The molecule has 0 saturated carbocycles. The lowest BCUT2D eigenvalue weighted by atomic mass is 10.1. The van der Waals surface area contributed by atoms with Crippen molar-refractivity contribution in [2.24, 2.45) is 0 Å². The number of anilines is 1. The van der Waals surface area contributed by atoms with Crippen molar-refractivity contribution >= 4 is 27.5 Å². The number of nitrogens with two attached hydrogens (primary N) is 1. The van der Waals surface area contributed by atoms with Crippen molar-refractivity contribution in [1.82, 2.24) is 4.72 Å². The summed E-state index contributed by atoms with van der Waals surface area (Å²) in [5.74, 6) is 0.923. The lowest BCUT2D eigenvalue weighted by Gasteiger charge is -2.17. The Morgan fingerprint density at radius 1 is 1.37 bits per heavy atom. The summed E-state index contributed by atoms with van der Waals surface area (Å²) in [5.41, 5.74) is 7.76. The Morgan fingerprint density at radius 2 is 2.00 bits per heavy atom. The summed E-state index contributed by atoms with van der Waals surface area (Å²) in [5, 5.41) is 0. The maximum atomic E-state index is 12.4. The van der Waals surface area contributed by atoms with Crippen LogP contribution < -0.4 is 10.5 Å². The number of aryl methyl sites for hydroxylation is 1. The molecule has 1 aromatic rings. The first-order chi connectivity index (χ1) is 8.79. The summed E-state index contributed by atoms with van der Waals surface area (Å²) < 4.78 is 27.5. The quantitative estimate of drug-likeness (QED) is 0.791. The Balaban J connectivity index is 3.04. The maximum absolute atomic E-state index is 12.4. The van der Waals surface area contributed by atoms with Gasteiger partial charge in [0, 0.05) is 6.04 Å². The smallest absolute Gasteiger partial charge is 0.243 e. The van der Waals surface area contributed by atoms with Crippen LogP contribution >= 0.6 is 11.8 Å². The van der Waals surface area contributed by atoms with E-state index in [1.807, 2.05) is 26.2 Å². The minimum Gasteiger partial charge on any atom is -0.398 e. The number of rotatable bonds is 6. The minimum absolute atomic E-state index is 0.100. The topological polar surface area (TPSA) is 72.2 Å². The highest BCUT2D eigenvalue weighted by Gasteiger charge is 2.22. The third-order valence-corrected chi connectivity index (χ3v) is 5.52. The van der Waals surface area contributed by atoms with Crippen LogP contribution in [0.15, 0.2) is 17.0 Å². The van der Waals surface area contributed by atoms with E-state index in [2.05, 4.69) is 4.72 Å². The van der Waals surface area contributed by atoms with Gasteiger partial charge in [0.25, 0.3) is 0 Å². The Labute approximate surface area is 120 Å². The van der Waals surface area contributed by atoms with Crippen molar-refractivity contribution in [2.75, 3.05) is 17.7 Å². The molecule has 1 aromatic carbocycles. The van der Waals surface area contributed by atoms with Gasteiger partial charge in [0.1, 0.15) is 4.90 Å². The summed E-state index contributed by atoms with van der Waals surface area (Å²) in [6.45, 7) is 5.53.